The highest BCUT2D eigenvalue weighted by molar-refractivity contribution is 7.11. The number of hydrazone groups is 1. The van der Waals surface area contributed by atoms with Crippen molar-refractivity contribution in [2.75, 3.05) is 37.6 Å². The summed E-state index contributed by atoms with van der Waals surface area (Å²) in [5.74, 6) is -0.0340. The zero-order valence-electron chi connectivity index (χ0n) is 13.6. The van der Waals surface area contributed by atoms with Gasteiger partial charge in [0.2, 0.25) is 5.91 Å². The molecule has 1 aliphatic rings. The van der Waals surface area contributed by atoms with Gasteiger partial charge in [0, 0.05) is 49.7 Å². The van der Waals surface area contributed by atoms with Gasteiger partial charge in [-0.2, -0.15) is 5.10 Å². The van der Waals surface area contributed by atoms with Gasteiger partial charge >= 0.3 is 0 Å². The third kappa shape index (κ3) is 4.91. The Morgan fingerprint density at radius 2 is 1.92 bits per heavy atom. The van der Waals surface area contributed by atoms with Crippen molar-refractivity contribution in [3.8, 4) is 0 Å². The van der Waals surface area contributed by atoms with Crippen molar-refractivity contribution in [2.24, 2.45) is 5.10 Å². The number of nitrogens with zero attached hydrogens (tertiary/aromatic N) is 3. The summed E-state index contributed by atoms with van der Waals surface area (Å²) < 4.78 is 0. The van der Waals surface area contributed by atoms with Crippen LogP contribution in [0.15, 0.2) is 52.9 Å². The smallest absolute Gasteiger partial charge is 0.241 e. The van der Waals surface area contributed by atoms with Crippen LogP contribution in [-0.4, -0.2) is 49.7 Å². The molecular weight excluding hydrogens is 320 g/mol. The van der Waals surface area contributed by atoms with Gasteiger partial charge in [-0.25, -0.2) is 5.43 Å². The average molecular weight is 342 g/mol. The van der Waals surface area contributed by atoms with Crippen molar-refractivity contribution >= 4 is 29.1 Å². The minimum absolute atomic E-state index is 0.0340. The van der Waals surface area contributed by atoms with Crippen molar-refractivity contribution < 1.29 is 4.79 Å². The lowest BCUT2D eigenvalue weighted by molar-refractivity contribution is -0.121. The molecule has 0 aliphatic carbocycles. The average Bonchev–Trinajstić information content (AvgIpc) is 3.15. The molecule has 126 valence electrons. The predicted molar refractivity (Wildman–Crippen MR) is 99.8 cm³/mol. The fourth-order valence-electron chi connectivity index (χ4n) is 2.72. The van der Waals surface area contributed by atoms with Crippen LogP contribution in [0, 0.1) is 0 Å². The van der Waals surface area contributed by atoms with E-state index in [9.17, 15) is 4.79 Å². The zero-order chi connectivity index (χ0) is 16.6. The molecule has 1 aromatic heterocycles. The van der Waals surface area contributed by atoms with E-state index >= 15 is 0 Å². The highest BCUT2D eigenvalue weighted by atomic mass is 32.1. The molecule has 1 saturated heterocycles. The maximum atomic E-state index is 11.8. The van der Waals surface area contributed by atoms with E-state index in [1.165, 1.54) is 5.69 Å². The topological polar surface area (TPSA) is 47.9 Å². The molecule has 0 unspecified atom stereocenters. The summed E-state index contributed by atoms with van der Waals surface area (Å²) in [5, 5.41) is 5.97. The number of thiophene rings is 1. The Bertz CT molecular complexity index is 649. The molecule has 1 amide bonds. The molecule has 1 N–H and O–H groups in total. The molecule has 0 bridgehead atoms. The number of benzene rings is 1. The Balaban J connectivity index is 1.35. The zero-order valence-corrected chi connectivity index (χ0v) is 14.4. The minimum atomic E-state index is -0.0340. The molecule has 2 aromatic rings. The lowest BCUT2D eigenvalue weighted by Crippen LogP contribution is -2.47. The Kier molecular flexibility index (Phi) is 5.98. The fourth-order valence-corrected chi connectivity index (χ4v) is 3.30. The van der Waals surface area contributed by atoms with Crippen LogP contribution in [0.1, 0.15) is 11.3 Å². The molecule has 5 nitrogen and oxygen atoms in total. The van der Waals surface area contributed by atoms with Gasteiger partial charge < -0.3 is 4.90 Å². The summed E-state index contributed by atoms with van der Waals surface area (Å²) in [4.78, 5) is 17.6. The molecule has 0 saturated carbocycles. The van der Waals surface area contributed by atoms with E-state index in [1.54, 1.807) is 17.6 Å². The minimum Gasteiger partial charge on any atom is -0.369 e. The molecule has 24 heavy (non-hydrogen) atoms. The SMILES string of the molecule is O=C(CCN1CCN(c2ccccc2)CC1)N/N=C/c1cccs1. The number of carbonyl (C=O) groups excluding carboxylic acids is 1. The first-order valence-corrected chi connectivity index (χ1v) is 9.07. The number of hydrogen-bond donors (Lipinski definition) is 1. The van der Waals surface area contributed by atoms with Crippen molar-refractivity contribution in [3.05, 3.63) is 52.7 Å². The quantitative estimate of drug-likeness (QED) is 0.648. The number of hydrogen-bond acceptors (Lipinski definition) is 5. The van der Waals surface area contributed by atoms with Crippen LogP contribution in [0.5, 0.6) is 0 Å². The van der Waals surface area contributed by atoms with Crippen LogP contribution in [-0.2, 0) is 4.79 Å². The number of carbonyl (C=O) groups is 1. The first-order valence-electron chi connectivity index (χ1n) is 8.19. The number of amides is 1. The van der Waals surface area contributed by atoms with Crippen molar-refractivity contribution in [2.45, 2.75) is 6.42 Å². The van der Waals surface area contributed by atoms with E-state index in [0.717, 1.165) is 37.6 Å². The van der Waals surface area contributed by atoms with Gasteiger partial charge in [0.1, 0.15) is 0 Å². The van der Waals surface area contributed by atoms with Gasteiger partial charge in [-0.05, 0) is 23.6 Å². The van der Waals surface area contributed by atoms with E-state index in [1.807, 2.05) is 23.6 Å². The van der Waals surface area contributed by atoms with Crippen LogP contribution >= 0.6 is 11.3 Å². The highest BCUT2D eigenvalue weighted by Gasteiger charge is 2.17. The second-order valence-electron chi connectivity index (χ2n) is 5.72. The molecule has 0 atom stereocenters. The van der Waals surface area contributed by atoms with Crippen LogP contribution in [0.2, 0.25) is 0 Å². The standard InChI is InChI=1S/C18H22N4OS/c23-18(20-19-15-17-7-4-14-24-17)8-9-21-10-12-22(13-11-21)16-5-2-1-3-6-16/h1-7,14-15H,8-13H2,(H,20,23)/b19-15+. The molecular formula is C18H22N4OS. The maximum Gasteiger partial charge on any atom is 0.241 e. The van der Waals surface area contributed by atoms with Gasteiger partial charge in [0.25, 0.3) is 0 Å². The van der Waals surface area contributed by atoms with Crippen LogP contribution in [0.3, 0.4) is 0 Å². The number of anilines is 1. The second-order valence-corrected chi connectivity index (χ2v) is 6.70. The lowest BCUT2D eigenvalue weighted by Gasteiger charge is -2.36. The van der Waals surface area contributed by atoms with E-state index in [4.69, 9.17) is 0 Å². The van der Waals surface area contributed by atoms with E-state index in [-0.39, 0.29) is 5.91 Å². The number of piperazine rings is 1. The van der Waals surface area contributed by atoms with Crippen molar-refractivity contribution in [1.29, 1.82) is 0 Å². The molecule has 1 aliphatic heterocycles. The summed E-state index contributed by atoms with van der Waals surface area (Å²) in [6.45, 7) is 4.76. The van der Waals surface area contributed by atoms with Gasteiger partial charge in [-0.1, -0.05) is 24.3 Å². The van der Waals surface area contributed by atoms with Crippen LogP contribution < -0.4 is 10.3 Å². The fraction of sp³-hybridized carbons (Fsp3) is 0.333. The van der Waals surface area contributed by atoms with Crippen molar-refractivity contribution in [3.63, 3.8) is 0 Å². The molecule has 1 fully saturated rings. The monoisotopic (exact) mass is 342 g/mol. The largest absolute Gasteiger partial charge is 0.369 e. The maximum absolute atomic E-state index is 11.8. The Morgan fingerprint density at radius 3 is 2.62 bits per heavy atom. The number of para-hydroxylation sites is 1. The summed E-state index contributed by atoms with van der Waals surface area (Å²) in [7, 11) is 0. The summed E-state index contributed by atoms with van der Waals surface area (Å²) in [6.07, 6.45) is 2.16. The predicted octanol–water partition coefficient (Wildman–Crippen LogP) is 2.41. The molecule has 6 heteroatoms. The second kappa shape index (κ2) is 8.61. The highest BCUT2D eigenvalue weighted by Crippen LogP contribution is 2.15. The van der Waals surface area contributed by atoms with E-state index in [2.05, 4.69) is 44.6 Å². The first kappa shape index (κ1) is 16.7. The summed E-state index contributed by atoms with van der Waals surface area (Å²) >= 11 is 1.60. The third-order valence-corrected chi connectivity index (χ3v) is 4.88. The van der Waals surface area contributed by atoms with Crippen LogP contribution in [0.25, 0.3) is 0 Å². The number of nitrogens with one attached hydrogen (secondary N) is 1. The summed E-state index contributed by atoms with van der Waals surface area (Å²) in [6, 6.07) is 14.4. The van der Waals surface area contributed by atoms with E-state index in [0.29, 0.717) is 6.42 Å². The van der Waals surface area contributed by atoms with E-state index < -0.39 is 0 Å². The molecule has 2 heterocycles. The molecule has 1 aromatic carbocycles. The Hall–Kier alpha value is -2.18. The Morgan fingerprint density at radius 1 is 1.12 bits per heavy atom. The lowest BCUT2D eigenvalue weighted by atomic mass is 10.2. The summed E-state index contributed by atoms with van der Waals surface area (Å²) in [5.41, 5.74) is 3.87. The first-order chi connectivity index (χ1) is 11.8. The van der Waals surface area contributed by atoms with Gasteiger partial charge in [0.05, 0.1) is 6.21 Å². The molecule has 0 spiro atoms. The molecule has 0 radical (unpaired) electrons. The Labute approximate surface area is 146 Å². The third-order valence-electron chi connectivity index (χ3n) is 4.07. The van der Waals surface area contributed by atoms with Gasteiger partial charge in [-0.15, -0.1) is 11.3 Å². The number of rotatable bonds is 6. The molecule has 3 rings (SSSR count). The van der Waals surface area contributed by atoms with Gasteiger partial charge in [-0.3, -0.25) is 9.69 Å². The van der Waals surface area contributed by atoms with Crippen molar-refractivity contribution in [1.82, 2.24) is 10.3 Å². The van der Waals surface area contributed by atoms with Crippen LogP contribution in [0.4, 0.5) is 5.69 Å². The van der Waals surface area contributed by atoms with Gasteiger partial charge in [0.15, 0.2) is 0 Å². The normalized spacial score (nSPS) is 15.8.